The molecule has 0 aromatic carbocycles. The first-order chi connectivity index (χ1) is 12.2. The Morgan fingerprint density at radius 2 is 2.00 bits per heavy atom. The first-order valence-electron chi connectivity index (χ1n) is 8.92. The van der Waals surface area contributed by atoms with E-state index >= 15 is 0 Å². The van der Waals surface area contributed by atoms with Crippen LogP contribution < -0.4 is 10.2 Å². The van der Waals surface area contributed by atoms with Gasteiger partial charge in [0, 0.05) is 44.5 Å². The van der Waals surface area contributed by atoms with Crippen LogP contribution in [-0.2, 0) is 6.54 Å². The number of aryl methyl sites for hydroxylation is 2. The summed E-state index contributed by atoms with van der Waals surface area (Å²) in [7, 11) is 0. The maximum absolute atomic E-state index is 5.60. The fraction of sp³-hybridized carbons (Fsp3) is 0.474. The Hall–Kier alpha value is -1.77. The molecule has 0 saturated carbocycles. The molecule has 0 bridgehead atoms. The molecule has 0 radical (unpaired) electrons. The predicted octanol–water partition coefficient (Wildman–Crippen LogP) is 3.20. The van der Waals surface area contributed by atoms with Gasteiger partial charge in [-0.05, 0) is 39.0 Å². The average Bonchev–Trinajstić information content (AvgIpc) is 2.97. The lowest BCUT2D eigenvalue weighted by molar-refractivity contribution is 0.371. The van der Waals surface area contributed by atoms with E-state index in [0.717, 1.165) is 61.6 Å². The molecular weight excluding hydrogens is 441 g/mol. The van der Waals surface area contributed by atoms with E-state index in [0.29, 0.717) is 6.54 Å². The van der Waals surface area contributed by atoms with Crippen LogP contribution in [0.1, 0.15) is 24.0 Å². The second kappa shape index (κ2) is 9.80. The van der Waals surface area contributed by atoms with Crippen LogP contribution in [0.25, 0.3) is 0 Å². The van der Waals surface area contributed by atoms with Gasteiger partial charge in [0.2, 0.25) is 0 Å². The number of anilines is 1. The van der Waals surface area contributed by atoms with E-state index in [1.807, 2.05) is 32.2 Å². The number of hydrogen-bond acceptors (Lipinski definition) is 4. The van der Waals surface area contributed by atoms with Crippen LogP contribution in [0.15, 0.2) is 39.9 Å². The van der Waals surface area contributed by atoms with Crippen LogP contribution in [-0.4, -0.2) is 48.6 Å². The number of piperazine rings is 1. The fourth-order valence-corrected chi connectivity index (χ4v) is 3.11. The maximum atomic E-state index is 5.60. The van der Waals surface area contributed by atoms with Crippen molar-refractivity contribution in [3.63, 3.8) is 0 Å². The van der Waals surface area contributed by atoms with E-state index in [2.05, 4.69) is 39.2 Å². The third-order valence-electron chi connectivity index (χ3n) is 4.43. The zero-order valence-electron chi connectivity index (χ0n) is 15.7. The summed E-state index contributed by atoms with van der Waals surface area (Å²) in [5.74, 6) is 3.92. The number of rotatable bonds is 4. The van der Waals surface area contributed by atoms with Crippen LogP contribution in [0.5, 0.6) is 0 Å². The molecule has 6 nitrogen and oxygen atoms in total. The molecule has 3 rings (SSSR count). The third-order valence-corrected chi connectivity index (χ3v) is 4.43. The zero-order chi connectivity index (χ0) is 17.6. The molecule has 1 N–H and O–H groups in total. The molecular formula is C19H28IN5O. The Morgan fingerprint density at radius 1 is 1.23 bits per heavy atom. The normalized spacial score (nSPS) is 15.0. The Balaban J connectivity index is 0.00000243. The summed E-state index contributed by atoms with van der Waals surface area (Å²) in [6.07, 6.45) is 1.85. The quantitative estimate of drug-likeness (QED) is 0.424. The van der Waals surface area contributed by atoms with Crippen molar-refractivity contribution in [1.82, 2.24) is 15.2 Å². The first-order valence-corrected chi connectivity index (χ1v) is 8.92. The van der Waals surface area contributed by atoms with Crippen molar-refractivity contribution in [2.45, 2.75) is 27.3 Å². The van der Waals surface area contributed by atoms with Crippen molar-refractivity contribution in [3.05, 3.63) is 47.5 Å². The Bertz CT molecular complexity index is 708. The lowest BCUT2D eigenvalue weighted by Gasteiger charge is -2.37. The molecule has 0 unspecified atom stereocenters. The van der Waals surface area contributed by atoms with E-state index in [4.69, 9.17) is 9.41 Å². The number of furan rings is 1. The highest BCUT2D eigenvalue weighted by atomic mass is 127. The van der Waals surface area contributed by atoms with Crippen molar-refractivity contribution in [3.8, 4) is 0 Å². The van der Waals surface area contributed by atoms with E-state index in [9.17, 15) is 0 Å². The number of halogens is 1. The molecule has 2 aromatic heterocycles. The van der Waals surface area contributed by atoms with Crippen LogP contribution in [0.3, 0.4) is 0 Å². The molecule has 7 heteroatoms. The number of aliphatic imine (C=N–C) groups is 1. The fourth-order valence-electron chi connectivity index (χ4n) is 3.11. The first kappa shape index (κ1) is 20.5. The lowest BCUT2D eigenvalue weighted by atomic mass is 10.2. The smallest absolute Gasteiger partial charge is 0.194 e. The van der Waals surface area contributed by atoms with Crippen molar-refractivity contribution in [2.75, 3.05) is 37.6 Å². The van der Waals surface area contributed by atoms with Crippen molar-refractivity contribution >= 4 is 35.8 Å². The highest BCUT2D eigenvalue weighted by Crippen LogP contribution is 2.16. The second-order valence-electron chi connectivity index (χ2n) is 6.27. The molecule has 1 fully saturated rings. The monoisotopic (exact) mass is 469 g/mol. The molecule has 2 aromatic rings. The van der Waals surface area contributed by atoms with Gasteiger partial charge in [-0.15, -0.1) is 24.0 Å². The van der Waals surface area contributed by atoms with E-state index in [1.165, 1.54) is 0 Å². The van der Waals surface area contributed by atoms with Gasteiger partial charge in [0.1, 0.15) is 17.3 Å². The Morgan fingerprint density at radius 3 is 2.58 bits per heavy atom. The van der Waals surface area contributed by atoms with Gasteiger partial charge in [-0.1, -0.05) is 6.07 Å². The number of aromatic nitrogens is 1. The number of nitrogens with zero attached hydrogens (tertiary/aromatic N) is 4. The van der Waals surface area contributed by atoms with E-state index in [1.54, 1.807) is 0 Å². The molecule has 0 aliphatic carbocycles. The standard InChI is InChI=1S/C19H27N5O.HI/c1-4-20-19(22-14-17-13-15(2)25-16(17)3)24-11-9-23(10-12-24)18-7-5-6-8-21-18;/h5-8,13H,4,9-12,14H2,1-3H3,(H,20,22);1H. The van der Waals surface area contributed by atoms with Crippen LogP contribution in [0, 0.1) is 13.8 Å². The molecule has 0 amide bonds. The minimum absolute atomic E-state index is 0. The molecule has 3 heterocycles. The molecule has 0 atom stereocenters. The molecule has 0 spiro atoms. The summed E-state index contributed by atoms with van der Waals surface area (Å²) in [5.41, 5.74) is 1.15. The lowest BCUT2D eigenvalue weighted by Crippen LogP contribution is -2.52. The Labute approximate surface area is 172 Å². The van der Waals surface area contributed by atoms with Crippen molar-refractivity contribution < 1.29 is 4.42 Å². The summed E-state index contributed by atoms with van der Waals surface area (Å²) < 4.78 is 5.60. The summed E-state index contributed by atoms with van der Waals surface area (Å²) in [6.45, 7) is 11.4. The number of nitrogens with one attached hydrogen (secondary N) is 1. The van der Waals surface area contributed by atoms with Gasteiger partial charge < -0.3 is 19.5 Å². The van der Waals surface area contributed by atoms with Crippen molar-refractivity contribution in [1.29, 1.82) is 0 Å². The van der Waals surface area contributed by atoms with Gasteiger partial charge in [0.15, 0.2) is 5.96 Å². The molecule has 1 aliphatic rings. The molecule has 1 saturated heterocycles. The van der Waals surface area contributed by atoms with Gasteiger partial charge in [-0.3, -0.25) is 0 Å². The third kappa shape index (κ3) is 5.12. The average molecular weight is 469 g/mol. The largest absolute Gasteiger partial charge is 0.466 e. The zero-order valence-corrected chi connectivity index (χ0v) is 18.1. The summed E-state index contributed by atoms with van der Waals surface area (Å²) in [5, 5.41) is 3.41. The minimum atomic E-state index is 0. The van der Waals surface area contributed by atoms with Crippen molar-refractivity contribution in [2.24, 2.45) is 4.99 Å². The van der Waals surface area contributed by atoms with Gasteiger partial charge >= 0.3 is 0 Å². The van der Waals surface area contributed by atoms with Gasteiger partial charge in [-0.25, -0.2) is 9.98 Å². The van der Waals surface area contributed by atoms with Crippen LogP contribution in [0.2, 0.25) is 0 Å². The summed E-state index contributed by atoms with van der Waals surface area (Å²) in [6, 6.07) is 8.13. The predicted molar refractivity (Wildman–Crippen MR) is 116 cm³/mol. The van der Waals surface area contributed by atoms with E-state index < -0.39 is 0 Å². The topological polar surface area (TPSA) is 56.9 Å². The molecule has 142 valence electrons. The summed E-state index contributed by atoms with van der Waals surface area (Å²) >= 11 is 0. The van der Waals surface area contributed by atoms with Gasteiger partial charge in [0.05, 0.1) is 6.54 Å². The van der Waals surface area contributed by atoms with Gasteiger partial charge in [-0.2, -0.15) is 0 Å². The van der Waals surface area contributed by atoms with Gasteiger partial charge in [0.25, 0.3) is 0 Å². The highest BCUT2D eigenvalue weighted by molar-refractivity contribution is 14.0. The highest BCUT2D eigenvalue weighted by Gasteiger charge is 2.20. The van der Waals surface area contributed by atoms with Crippen LogP contribution >= 0.6 is 24.0 Å². The SMILES string of the molecule is CCNC(=NCc1cc(C)oc1C)N1CCN(c2ccccn2)CC1.I. The second-order valence-corrected chi connectivity index (χ2v) is 6.27. The number of guanidine groups is 1. The maximum Gasteiger partial charge on any atom is 0.194 e. The molecule has 26 heavy (non-hydrogen) atoms. The minimum Gasteiger partial charge on any atom is -0.466 e. The van der Waals surface area contributed by atoms with E-state index in [-0.39, 0.29) is 24.0 Å². The summed E-state index contributed by atoms with van der Waals surface area (Å²) in [4.78, 5) is 13.9. The number of pyridine rings is 1. The Kier molecular flexibility index (Phi) is 7.74. The number of hydrogen-bond donors (Lipinski definition) is 1. The molecule has 1 aliphatic heterocycles. The van der Waals surface area contributed by atoms with Crippen LogP contribution in [0.4, 0.5) is 5.82 Å².